The van der Waals surface area contributed by atoms with Crippen molar-refractivity contribution in [2.75, 3.05) is 31.6 Å². The summed E-state index contributed by atoms with van der Waals surface area (Å²) < 4.78 is 35.9. The number of pyridine rings is 1. The van der Waals surface area contributed by atoms with Gasteiger partial charge in [-0.25, -0.2) is 0 Å². The molecule has 2 aliphatic rings. The average molecular weight is 721 g/mol. The standard InChI is InChI=1S/C33H27AsCl2F2N7O/c35-22-3-1-19(2-4-22)31(30-16-45(43-42-30)24-7-9-44(10-8-24)25-17-46-18-25)34-21-11-26-32(41-23-5-6-28(37)29(38)13-23)20(14-39)15-40-33(26)27(36)12-21/h1-6,11-13,15-16,24-25,31H,7-10,17-18H2,(H,40,41). The third-order valence-corrected chi connectivity index (χ3v) is 11.9. The molecule has 0 saturated carbocycles. The van der Waals surface area contributed by atoms with E-state index < -0.39 is 27.4 Å². The number of ether oxygens (including phenoxy) is 1. The fraction of sp³-hybridized carbons (Fsp3) is 0.273. The fourth-order valence-electron chi connectivity index (χ4n) is 5.91. The molecule has 7 rings (SSSR count). The molecule has 1 atom stereocenters. The first-order valence-corrected chi connectivity index (χ1v) is 17.6. The summed E-state index contributed by atoms with van der Waals surface area (Å²) in [6.07, 6.45) is 5.49. The predicted octanol–water partition coefficient (Wildman–Crippen LogP) is 6.18. The van der Waals surface area contributed by atoms with Crippen LogP contribution in [0.25, 0.3) is 10.9 Å². The third-order valence-electron chi connectivity index (χ3n) is 8.50. The number of nitriles is 1. The summed E-state index contributed by atoms with van der Waals surface area (Å²) in [7, 11) is 0. The predicted molar refractivity (Wildman–Crippen MR) is 174 cm³/mol. The Hall–Kier alpha value is -3.58. The summed E-state index contributed by atoms with van der Waals surface area (Å²) in [6, 6.07) is 18.1. The maximum absolute atomic E-state index is 14.0. The van der Waals surface area contributed by atoms with Crippen LogP contribution in [0.15, 0.2) is 67.0 Å². The number of piperidine rings is 1. The Balaban J connectivity index is 1.22. The average Bonchev–Trinajstić information content (AvgIpc) is 3.52. The molecule has 233 valence electrons. The number of hydrogen-bond donors (Lipinski definition) is 1. The molecule has 0 bridgehead atoms. The van der Waals surface area contributed by atoms with E-state index in [0.29, 0.717) is 38.4 Å². The van der Waals surface area contributed by atoms with Crippen molar-refractivity contribution in [1.29, 1.82) is 5.26 Å². The molecule has 0 spiro atoms. The van der Waals surface area contributed by atoms with Crippen molar-refractivity contribution in [3.05, 3.63) is 105 Å². The zero-order chi connectivity index (χ0) is 31.8. The molecule has 2 fully saturated rings. The quantitative estimate of drug-likeness (QED) is 0.192. The number of fused-ring (bicyclic) bond motifs is 1. The topological polar surface area (TPSA) is 91.9 Å². The number of likely N-dealkylation sites (tertiary alicyclic amines) is 1. The van der Waals surface area contributed by atoms with Gasteiger partial charge in [0.15, 0.2) is 0 Å². The maximum atomic E-state index is 14.0. The number of halogens is 4. The second-order valence-corrected chi connectivity index (χ2v) is 15.0. The van der Waals surface area contributed by atoms with Crippen LogP contribution in [-0.2, 0) is 4.74 Å². The number of rotatable bonds is 8. The summed E-state index contributed by atoms with van der Waals surface area (Å²) in [5.74, 6) is -1.96. The molecular weight excluding hydrogens is 694 g/mol. The van der Waals surface area contributed by atoms with Crippen molar-refractivity contribution in [3.63, 3.8) is 0 Å². The van der Waals surface area contributed by atoms with Gasteiger partial charge in [-0.15, -0.1) is 0 Å². The molecule has 2 aromatic heterocycles. The zero-order valence-electron chi connectivity index (χ0n) is 24.4. The van der Waals surface area contributed by atoms with Crippen molar-refractivity contribution in [2.24, 2.45) is 0 Å². The molecule has 1 N–H and O–H groups in total. The van der Waals surface area contributed by atoms with E-state index in [2.05, 4.69) is 37.8 Å². The van der Waals surface area contributed by atoms with Crippen LogP contribution < -0.4 is 9.67 Å². The van der Waals surface area contributed by atoms with Gasteiger partial charge in [-0.1, -0.05) is 0 Å². The third kappa shape index (κ3) is 6.35. The minimum atomic E-state index is -0.997. The van der Waals surface area contributed by atoms with Gasteiger partial charge < -0.3 is 0 Å². The molecule has 4 heterocycles. The van der Waals surface area contributed by atoms with Crippen molar-refractivity contribution in [3.8, 4) is 6.07 Å². The Morgan fingerprint density at radius 1 is 1.00 bits per heavy atom. The van der Waals surface area contributed by atoms with Crippen LogP contribution in [-0.4, -0.2) is 73.0 Å². The van der Waals surface area contributed by atoms with Gasteiger partial charge in [-0.3, -0.25) is 0 Å². The molecule has 0 amide bonds. The van der Waals surface area contributed by atoms with Gasteiger partial charge in [0.1, 0.15) is 0 Å². The van der Waals surface area contributed by atoms with Crippen LogP contribution in [0.3, 0.4) is 0 Å². The van der Waals surface area contributed by atoms with E-state index in [0.717, 1.165) is 66.9 Å². The van der Waals surface area contributed by atoms with Crippen molar-refractivity contribution >= 4 is 65.6 Å². The van der Waals surface area contributed by atoms with E-state index in [4.69, 9.17) is 27.9 Å². The number of aromatic nitrogens is 4. The van der Waals surface area contributed by atoms with Gasteiger partial charge >= 0.3 is 282 Å². The molecule has 1 unspecified atom stereocenters. The van der Waals surface area contributed by atoms with Gasteiger partial charge in [0, 0.05) is 0 Å². The normalized spacial score (nSPS) is 16.9. The molecule has 1 radical (unpaired) electrons. The monoisotopic (exact) mass is 720 g/mol. The van der Waals surface area contributed by atoms with E-state index >= 15 is 0 Å². The summed E-state index contributed by atoms with van der Waals surface area (Å²) in [6.45, 7) is 3.66. The van der Waals surface area contributed by atoms with Gasteiger partial charge in [-0.2, -0.15) is 0 Å². The number of hydrogen-bond acceptors (Lipinski definition) is 7. The van der Waals surface area contributed by atoms with Crippen LogP contribution in [0.1, 0.15) is 40.4 Å². The molecule has 0 aliphatic carbocycles. The summed E-state index contributed by atoms with van der Waals surface area (Å²) in [5, 5.41) is 23.9. The molecule has 8 nitrogen and oxygen atoms in total. The molecular formula is C33H27AsCl2F2N7O. The van der Waals surface area contributed by atoms with Crippen LogP contribution in [0.4, 0.5) is 20.2 Å². The number of nitrogens with one attached hydrogen (secondary N) is 1. The molecule has 3 aromatic carbocycles. The first kappa shape index (κ1) is 31.0. The van der Waals surface area contributed by atoms with Crippen molar-refractivity contribution in [1.82, 2.24) is 24.9 Å². The molecule has 2 saturated heterocycles. The van der Waals surface area contributed by atoms with E-state index in [9.17, 15) is 14.0 Å². The van der Waals surface area contributed by atoms with Gasteiger partial charge in [-0.05, 0) is 0 Å². The first-order chi connectivity index (χ1) is 22.4. The van der Waals surface area contributed by atoms with E-state index in [1.165, 1.54) is 12.3 Å². The Kier molecular flexibility index (Phi) is 8.95. The Labute approximate surface area is 281 Å². The first-order valence-electron chi connectivity index (χ1n) is 14.8. The summed E-state index contributed by atoms with van der Waals surface area (Å²) in [4.78, 5) is 6.95. The molecule has 5 aromatic rings. The minimum absolute atomic E-state index is 0.0855. The van der Waals surface area contributed by atoms with Crippen LogP contribution in [0, 0.1) is 23.0 Å². The molecule has 2 aliphatic heterocycles. The number of benzene rings is 3. The second kappa shape index (κ2) is 13.3. The second-order valence-electron chi connectivity index (χ2n) is 11.4. The summed E-state index contributed by atoms with van der Waals surface area (Å²) in [5.41, 5.74) is 3.35. The molecule has 13 heteroatoms. The van der Waals surface area contributed by atoms with Crippen molar-refractivity contribution in [2.45, 2.75) is 29.6 Å². The number of anilines is 2. The van der Waals surface area contributed by atoms with E-state index in [1.54, 1.807) is 0 Å². The number of nitrogens with zero attached hydrogens (tertiary/aromatic N) is 6. The Bertz CT molecular complexity index is 1940. The summed E-state index contributed by atoms with van der Waals surface area (Å²) >= 11 is 12.4. The van der Waals surface area contributed by atoms with Crippen LogP contribution >= 0.6 is 23.2 Å². The Morgan fingerprint density at radius 3 is 2.48 bits per heavy atom. The van der Waals surface area contributed by atoms with Crippen LogP contribution in [0.2, 0.25) is 10.0 Å². The Morgan fingerprint density at radius 2 is 1.78 bits per heavy atom. The van der Waals surface area contributed by atoms with Crippen LogP contribution in [0.5, 0.6) is 0 Å². The van der Waals surface area contributed by atoms with E-state index in [1.807, 2.05) is 41.1 Å². The van der Waals surface area contributed by atoms with Gasteiger partial charge in [0.25, 0.3) is 0 Å². The zero-order valence-corrected chi connectivity index (χ0v) is 27.8. The molecule has 46 heavy (non-hydrogen) atoms. The van der Waals surface area contributed by atoms with Crippen molar-refractivity contribution < 1.29 is 13.5 Å². The fourth-order valence-corrected chi connectivity index (χ4v) is 9.15. The SMILES string of the molecule is N#Cc1cnc2c(Cl)cc([As]C(c3ccc(Cl)cc3)c3cn(C4CCN(C5COC5)CC4)nn3)cc2c1Nc1ccc(F)c(F)c1. The van der Waals surface area contributed by atoms with Gasteiger partial charge in [0.2, 0.25) is 0 Å². The van der Waals surface area contributed by atoms with E-state index in [-0.39, 0.29) is 16.3 Å². The van der Waals surface area contributed by atoms with Gasteiger partial charge in [0.05, 0.1) is 0 Å².